The van der Waals surface area contributed by atoms with Crippen molar-refractivity contribution < 1.29 is 0 Å². The lowest BCUT2D eigenvalue weighted by atomic mass is 10.1. The summed E-state index contributed by atoms with van der Waals surface area (Å²) in [5.41, 5.74) is 1.54. The van der Waals surface area contributed by atoms with Gasteiger partial charge in [-0.1, -0.05) is 37.3 Å². The summed E-state index contributed by atoms with van der Waals surface area (Å²) in [6.45, 7) is 6.04. The van der Waals surface area contributed by atoms with Gasteiger partial charge in [-0.15, -0.1) is 0 Å². The molecule has 0 amide bonds. The monoisotopic (exact) mass is 258 g/mol. The van der Waals surface area contributed by atoms with Crippen LogP contribution < -0.4 is 5.32 Å². The van der Waals surface area contributed by atoms with Crippen LogP contribution >= 0.6 is 0 Å². The van der Waals surface area contributed by atoms with Crippen molar-refractivity contribution in [1.29, 1.82) is 0 Å². The highest BCUT2D eigenvalue weighted by Crippen LogP contribution is 2.44. The molecule has 1 aromatic rings. The molecule has 1 saturated carbocycles. The highest BCUT2D eigenvalue weighted by atomic mass is 15.2. The van der Waals surface area contributed by atoms with E-state index >= 15 is 0 Å². The van der Waals surface area contributed by atoms with Crippen molar-refractivity contribution in [3.8, 4) is 0 Å². The molecule has 0 radical (unpaired) electrons. The molecule has 3 rings (SSSR count). The molecule has 2 fully saturated rings. The van der Waals surface area contributed by atoms with E-state index in [9.17, 15) is 0 Å². The Hall–Kier alpha value is -0.860. The van der Waals surface area contributed by atoms with Gasteiger partial charge in [0, 0.05) is 18.0 Å². The topological polar surface area (TPSA) is 15.3 Å². The third kappa shape index (κ3) is 3.18. The first-order valence-electron chi connectivity index (χ1n) is 7.91. The zero-order valence-corrected chi connectivity index (χ0v) is 12.0. The summed E-state index contributed by atoms with van der Waals surface area (Å²) < 4.78 is 0. The van der Waals surface area contributed by atoms with Gasteiger partial charge in [-0.25, -0.2) is 0 Å². The fourth-order valence-electron chi connectivity index (χ4n) is 3.45. The second kappa shape index (κ2) is 6.06. The highest BCUT2D eigenvalue weighted by molar-refractivity contribution is 5.27. The molecule has 2 aliphatic rings. The summed E-state index contributed by atoms with van der Waals surface area (Å²) in [6.07, 6.45) is 5.25. The molecule has 0 aromatic heterocycles. The van der Waals surface area contributed by atoms with E-state index in [1.165, 1.54) is 45.3 Å². The van der Waals surface area contributed by atoms with Crippen molar-refractivity contribution in [2.45, 2.75) is 50.6 Å². The maximum Gasteiger partial charge on any atom is 0.0171 e. The molecule has 1 N–H and O–H groups in total. The van der Waals surface area contributed by atoms with Crippen LogP contribution in [0.5, 0.6) is 0 Å². The lowest BCUT2D eigenvalue weighted by Gasteiger charge is -2.29. The first-order chi connectivity index (χ1) is 9.38. The van der Waals surface area contributed by atoms with Gasteiger partial charge in [0.1, 0.15) is 0 Å². The van der Waals surface area contributed by atoms with Crippen LogP contribution in [0.25, 0.3) is 0 Å². The number of rotatable bonds is 3. The minimum atomic E-state index is 0.733. The highest BCUT2D eigenvalue weighted by Gasteiger charge is 2.42. The molecule has 2 nitrogen and oxygen atoms in total. The molecule has 1 aliphatic carbocycles. The zero-order valence-electron chi connectivity index (χ0n) is 12.0. The van der Waals surface area contributed by atoms with E-state index in [1.807, 2.05) is 0 Å². The normalized spacial score (nSPS) is 32.6. The van der Waals surface area contributed by atoms with E-state index < -0.39 is 0 Å². The van der Waals surface area contributed by atoms with Gasteiger partial charge < -0.3 is 5.32 Å². The van der Waals surface area contributed by atoms with Crippen LogP contribution in [0, 0.1) is 0 Å². The Morgan fingerprint density at radius 2 is 2.05 bits per heavy atom. The van der Waals surface area contributed by atoms with Gasteiger partial charge >= 0.3 is 0 Å². The predicted molar refractivity (Wildman–Crippen MR) is 80.5 cm³/mol. The van der Waals surface area contributed by atoms with Gasteiger partial charge in [0.2, 0.25) is 0 Å². The number of benzene rings is 1. The summed E-state index contributed by atoms with van der Waals surface area (Å²) >= 11 is 0. The van der Waals surface area contributed by atoms with Crippen LogP contribution in [0.1, 0.15) is 44.1 Å². The van der Waals surface area contributed by atoms with E-state index in [0.29, 0.717) is 0 Å². The Morgan fingerprint density at radius 3 is 2.84 bits per heavy atom. The molecular weight excluding hydrogens is 232 g/mol. The smallest absolute Gasteiger partial charge is 0.0171 e. The van der Waals surface area contributed by atoms with Gasteiger partial charge in [-0.05, 0) is 50.9 Å². The fraction of sp³-hybridized carbons (Fsp3) is 0.647. The molecule has 0 bridgehead atoms. The van der Waals surface area contributed by atoms with Crippen LogP contribution in [0.2, 0.25) is 0 Å². The first-order valence-corrected chi connectivity index (χ1v) is 7.91. The van der Waals surface area contributed by atoms with Gasteiger partial charge in [0.05, 0.1) is 0 Å². The minimum Gasteiger partial charge on any atom is -0.314 e. The Labute approximate surface area is 117 Å². The summed E-state index contributed by atoms with van der Waals surface area (Å²) in [6, 6.07) is 12.6. The Balaban J connectivity index is 1.58. The quantitative estimate of drug-likeness (QED) is 0.896. The van der Waals surface area contributed by atoms with Crippen molar-refractivity contribution in [3.63, 3.8) is 0 Å². The van der Waals surface area contributed by atoms with E-state index in [1.54, 1.807) is 5.56 Å². The van der Waals surface area contributed by atoms with E-state index in [-0.39, 0.29) is 0 Å². The summed E-state index contributed by atoms with van der Waals surface area (Å²) in [5.74, 6) is 0.800. The lowest BCUT2D eigenvalue weighted by Crippen LogP contribution is -2.40. The van der Waals surface area contributed by atoms with Crippen molar-refractivity contribution >= 4 is 0 Å². The van der Waals surface area contributed by atoms with Gasteiger partial charge in [-0.3, -0.25) is 4.90 Å². The predicted octanol–water partition coefficient (Wildman–Crippen LogP) is 3.01. The Bertz CT molecular complexity index is 390. The Kier molecular flexibility index (Phi) is 4.19. The van der Waals surface area contributed by atoms with Crippen molar-refractivity contribution in [1.82, 2.24) is 10.2 Å². The van der Waals surface area contributed by atoms with Crippen LogP contribution in [0.4, 0.5) is 0 Å². The molecule has 19 heavy (non-hydrogen) atoms. The molecule has 3 atom stereocenters. The zero-order chi connectivity index (χ0) is 13.1. The molecule has 1 aliphatic heterocycles. The first kappa shape index (κ1) is 13.1. The maximum absolute atomic E-state index is 3.67. The van der Waals surface area contributed by atoms with Gasteiger partial charge in [-0.2, -0.15) is 0 Å². The van der Waals surface area contributed by atoms with Crippen molar-refractivity contribution in [2.75, 3.05) is 19.6 Å². The van der Waals surface area contributed by atoms with Crippen LogP contribution in [-0.4, -0.2) is 36.6 Å². The molecule has 0 spiro atoms. The van der Waals surface area contributed by atoms with Crippen LogP contribution in [0.15, 0.2) is 30.3 Å². The van der Waals surface area contributed by atoms with Crippen molar-refractivity contribution in [2.24, 2.45) is 0 Å². The molecule has 1 aromatic carbocycles. The SMILES string of the molecule is CCC1CCN(C2CC2c2ccccc2)CCCN1. The Morgan fingerprint density at radius 1 is 1.21 bits per heavy atom. The summed E-state index contributed by atoms with van der Waals surface area (Å²) in [5, 5.41) is 3.67. The average molecular weight is 258 g/mol. The second-order valence-electron chi connectivity index (χ2n) is 6.06. The second-order valence-corrected chi connectivity index (χ2v) is 6.06. The van der Waals surface area contributed by atoms with Crippen molar-refractivity contribution in [3.05, 3.63) is 35.9 Å². The van der Waals surface area contributed by atoms with E-state index in [4.69, 9.17) is 0 Å². The summed E-state index contributed by atoms with van der Waals surface area (Å²) in [7, 11) is 0. The van der Waals surface area contributed by atoms with Crippen LogP contribution in [0.3, 0.4) is 0 Å². The molecule has 3 unspecified atom stereocenters. The molecule has 104 valence electrons. The average Bonchev–Trinajstić information content (AvgIpc) is 3.20. The van der Waals surface area contributed by atoms with Gasteiger partial charge in [0.25, 0.3) is 0 Å². The molecule has 1 heterocycles. The number of nitrogens with zero attached hydrogens (tertiary/aromatic N) is 1. The standard InChI is InChI=1S/C17H26N2/c1-2-15-9-12-19(11-6-10-18-15)17-13-16(17)14-7-4-3-5-8-14/h3-5,7-8,15-18H,2,6,9-13H2,1H3. The van der Waals surface area contributed by atoms with E-state index in [0.717, 1.165) is 18.0 Å². The largest absolute Gasteiger partial charge is 0.314 e. The maximum atomic E-state index is 3.67. The molecule has 1 saturated heterocycles. The van der Waals surface area contributed by atoms with Crippen LogP contribution in [-0.2, 0) is 0 Å². The number of hydrogen-bond donors (Lipinski definition) is 1. The molecular formula is C17H26N2. The third-order valence-electron chi connectivity index (χ3n) is 4.77. The number of nitrogens with one attached hydrogen (secondary N) is 1. The third-order valence-corrected chi connectivity index (χ3v) is 4.77. The van der Waals surface area contributed by atoms with E-state index in [2.05, 4.69) is 47.5 Å². The summed E-state index contributed by atoms with van der Waals surface area (Å²) in [4.78, 5) is 2.75. The lowest BCUT2D eigenvalue weighted by molar-refractivity contribution is 0.220. The molecule has 2 heteroatoms. The number of hydrogen-bond acceptors (Lipinski definition) is 2. The minimum absolute atomic E-state index is 0.733. The van der Waals surface area contributed by atoms with Gasteiger partial charge in [0.15, 0.2) is 0 Å². The fourth-order valence-corrected chi connectivity index (χ4v) is 3.45.